The van der Waals surface area contributed by atoms with E-state index in [0.717, 1.165) is 31.5 Å². The maximum Gasteiger partial charge on any atom is 0.275 e. The maximum atomic E-state index is 10.8. The van der Waals surface area contributed by atoms with Crippen LogP contribution in [-0.4, -0.2) is 34.3 Å². The lowest BCUT2D eigenvalue weighted by Gasteiger charge is -2.36. The molecule has 0 aliphatic carbocycles. The van der Waals surface area contributed by atoms with E-state index >= 15 is 0 Å². The zero-order valence-corrected chi connectivity index (χ0v) is 10.7. The Labute approximate surface area is 111 Å². The second-order valence-electron chi connectivity index (χ2n) is 4.75. The van der Waals surface area contributed by atoms with Gasteiger partial charge in [-0.2, -0.15) is 0 Å². The highest BCUT2D eigenvalue weighted by molar-refractivity contribution is 5.56. The molecule has 19 heavy (non-hydrogen) atoms. The molecule has 0 spiro atoms. The molecule has 0 radical (unpaired) electrons. The highest BCUT2D eigenvalue weighted by Gasteiger charge is 2.23. The Morgan fingerprint density at radius 3 is 2.79 bits per heavy atom. The number of anilines is 1. The number of aliphatic hydroxyl groups is 2. The number of nitro benzene ring substituents is 1. The molecular weight excluding hydrogens is 248 g/mol. The van der Waals surface area contributed by atoms with E-state index in [1.54, 1.807) is 12.1 Å². The van der Waals surface area contributed by atoms with Crippen molar-refractivity contribution in [3.8, 4) is 0 Å². The summed E-state index contributed by atoms with van der Waals surface area (Å²) in [5.74, 6) is 0. The van der Waals surface area contributed by atoms with E-state index in [9.17, 15) is 20.3 Å². The first kappa shape index (κ1) is 13.8. The number of piperidine rings is 1. The molecule has 1 aliphatic heterocycles. The van der Waals surface area contributed by atoms with Crippen molar-refractivity contribution in [1.82, 2.24) is 0 Å². The summed E-state index contributed by atoms with van der Waals surface area (Å²) >= 11 is 0. The quantitative estimate of drug-likeness (QED) is 0.636. The van der Waals surface area contributed by atoms with Gasteiger partial charge in [0, 0.05) is 18.3 Å². The van der Waals surface area contributed by atoms with Gasteiger partial charge < -0.3 is 15.1 Å². The monoisotopic (exact) mass is 266 g/mol. The van der Waals surface area contributed by atoms with Crippen LogP contribution < -0.4 is 4.90 Å². The van der Waals surface area contributed by atoms with Gasteiger partial charge in [-0.15, -0.1) is 0 Å². The van der Waals surface area contributed by atoms with Crippen LogP contribution in [0.5, 0.6) is 0 Å². The summed E-state index contributed by atoms with van der Waals surface area (Å²) in [6, 6.07) is 4.81. The van der Waals surface area contributed by atoms with Gasteiger partial charge in [-0.05, 0) is 31.4 Å². The van der Waals surface area contributed by atoms with Crippen LogP contribution >= 0.6 is 0 Å². The predicted octanol–water partition coefficient (Wildman–Crippen LogP) is 1.44. The fourth-order valence-corrected chi connectivity index (χ4v) is 2.59. The minimum absolute atomic E-state index is 0.0572. The van der Waals surface area contributed by atoms with Crippen LogP contribution in [0.2, 0.25) is 0 Å². The Bertz CT molecular complexity index is 464. The Morgan fingerprint density at radius 2 is 2.16 bits per heavy atom. The van der Waals surface area contributed by atoms with Crippen molar-refractivity contribution in [2.75, 3.05) is 18.1 Å². The molecule has 1 aromatic carbocycles. The smallest absolute Gasteiger partial charge is 0.275 e. The molecule has 1 heterocycles. The van der Waals surface area contributed by atoms with E-state index in [-0.39, 0.29) is 24.9 Å². The molecule has 0 amide bonds. The summed E-state index contributed by atoms with van der Waals surface area (Å²) in [4.78, 5) is 12.4. The van der Waals surface area contributed by atoms with Gasteiger partial charge in [0.1, 0.15) is 0 Å². The minimum Gasteiger partial charge on any atom is -0.394 e. The molecule has 1 aliphatic rings. The van der Waals surface area contributed by atoms with Crippen molar-refractivity contribution in [3.63, 3.8) is 0 Å². The summed E-state index contributed by atoms with van der Waals surface area (Å²) in [6.07, 6.45) is 3.05. The molecule has 1 fully saturated rings. The third kappa shape index (κ3) is 2.85. The highest BCUT2D eigenvalue weighted by atomic mass is 16.6. The average Bonchev–Trinajstić information content (AvgIpc) is 2.46. The van der Waals surface area contributed by atoms with E-state index in [0.29, 0.717) is 5.56 Å². The molecule has 2 N–H and O–H groups in total. The maximum absolute atomic E-state index is 10.8. The Hall–Kier alpha value is -1.66. The third-order valence-electron chi connectivity index (χ3n) is 3.60. The Kier molecular flexibility index (Phi) is 4.34. The van der Waals surface area contributed by atoms with E-state index in [1.165, 1.54) is 6.07 Å². The number of hydrogen-bond donors (Lipinski definition) is 2. The van der Waals surface area contributed by atoms with Gasteiger partial charge in [0.2, 0.25) is 0 Å². The van der Waals surface area contributed by atoms with Gasteiger partial charge in [0.25, 0.3) is 5.69 Å². The lowest BCUT2D eigenvalue weighted by atomic mass is 10.0. The van der Waals surface area contributed by atoms with E-state index < -0.39 is 4.92 Å². The number of nitrogens with zero attached hydrogens (tertiary/aromatic N) is 2. The SMILES string of the molecule is O=[N+]([O-])c1ccc(N2CCCCC2CO)cc1CO. The van der Waals surface area contributed by atoms with Crippen LogP contribution in [0.3, 0.4) is 0 Å². The highest BCUT2D eigenvalue weighted by Crippen LogP contribution is 2.29. The van der Waals surface area contributed by atoms with Gasteiger partial charge in [0.15, 0.2) is 0 Å². The zero-order valence-electron chi connectivity index (χ0n) is 10.7. The van der Waals surface area contributed by atoms with E-state index in [4.69, 9.17) is 0 Å². The van der Waals surface area contributed by atoms with Crippen molar-refractivity contribution in [3.05, 3.63) is 33.9 Å². The topological polar surface area (TPSA) is 86.8 Å². The molecule has 2 rings (SSSR count). The lowest BCUT2D eigenvalue weighted by Crippen LogP contribution is -2.41. The second-order valence-corrected chi connectivity index (χ2v) is 4.75. The van der Waals surface area contributed by atoms with Crippen molar-refractivity contribution in [2.24, 2.45) is 0 Å². The van der Waals surface area contributed by atoms with E-state index in [1.807, 2.05) is 0 Å². The average molecular weight is 266 g/mol. The molecule has 0 saturated carbocycles. The standard InChI is InChI=1S/C13H18N2O4/c16-8-10-7-11(4-5-13(10)15(18)19)14-6-2-1-3-12(14)9-17/h4-5,7,12,16-17H,1-3,6,8-9H2. The Balaban J connectivity index is 2.31. The molecule has 1 atom stereocenters. The third-order valence-corrected chi connectivity index (χ3v) is 3.60. The minimum atomic E-state index is -0.491. The molecule has 6 heteroatoms. The molecule has 1 unspecified atom stereocenters. The first-order valence-electron chi connectivity index (χ1n) is 6.43. The molecule has 104 valence electrons. The van der Waals surface area contributed by atoms with Crippen molar-refractivity contribution < 1.29 is 15.1 Å². The summed E-state index contributed by atoms with van der Waals surface area (Å²) in [6.45, 7) is 0.543. The van der Waals surface area contributed by atoms with Crippen LogP contribution in [-0.2, 0) is 6.61 Å². The summed E-state index contributed by atoms with van der Waals surface area (Å²) in [5.41, 5.74) is 1.07. The normalized spacial score (nSPS) is 19.5. The van der Waals surface area contributed by atoms with Gasteiger partial charge in [0.05, 0.1) is 29.7 Å². The van der Waals surface area contributed by atoms with Gasteiger partial charge in [-0.1, -0.05) is 0 Å². The molecule has 1 saturated heterocycles. The van der Waals surface area contributed by atoms with Gasteiger partial charge in [-0.25, -0.2) is 0 Å². The fourth-order valence-electron chi connectivity index (χ4n) is 2.59. The second kappa shape index (κ2) is 5.99. The first-order chi connectivity index (χ1) is 9.17. The summed E-state index contributed by atoms with van der Waals surface area (Å²) in [7, 11) is 0. The van der Waals surface area contributed by atoms with Crippen LogP contribution in [0.4, 0.5) is 11.4 Å². The van der Waals surface area contributed by atoms with Gasteiger partial charge >= 0.3 is 0 Å². The van der Waals surface area contributed by atoms with Crippen molar-refractivity contribution in [2.45, 2.75) is 31.9 Å². The molecular formula is C13H18N2O4. The predicted molar refractivity (Wildman–Crippen MR) is 71.1 cm³/mol. The summed E-state index contributed by atoms with van der Waals surface area (Å²) < 4.78 is 0. The van der Waals surface area contributed by atoms with Gasteiger partial charge in [-0.3, -0.25) is 10.1 Å². The van der Waals surface area contributed by atoms with Crippen LogP contribution in [0.1, 0.15) is 24.8 Å². The molecule has 0 bridgehead atoms. The van der Waals surface area contributed by atoms with Crippen molar-refractivity contribution in [1.29, 1.82) is 0 Å². The summed E-state index contributed by atoms with van der Waals surface area (Å²) in [5, 5.41) is 29.5. The largest absolute Gasteiger partial charge is 0.394 e. The number of nitro groups is 1. The molecule has 0 aromatic heterocycles. The molecule has 1 aromatic rings. The lowest BCUT2D eigenvalue weighted by molar-refractivity contribution is -0.385. The van der Waals surface area contributed by atoms with Crippen LogP contribution in [0.15, 0.2) is 18.2 Å². The number of benzene rings is 1. The number of hydrogen-bond acceptors (Lipinski definition) is 5. The van der Waals surface area contributed by atoms with Crippen LogP contribution in [0, 0.1) is 10.1 Å². The van der Waals surface area contributed by atoms with Crippen LogP contribution in [0.25, 0.3) is 0 Å². The number of rotatable bonds is 4. The number of aliphatic hydroxyl groups excluding tert-OH is 2. The molecule has 6 nitrogen and oxygen atoms in total. The fraction of sp³-hybridized carbons (Fsp3) is 0.538. The zero-order chi connectivity index (χ0) is 13.8. The Morgan fingerprint density at radius 1 is 1.37 bits per heavy atom. The van der Waals surface area contributed by atoms with E-state index in [2.05, 4.69) is 4.90 Å². The first-order valence-corrected chi connectivity index (χ1v) is 6.43. The van der Waals surface area contributed by atoms with Crippen molar-refractivity contribution >= 4 is 11.4 Å².